The molecule has 1 rings (SSSR count). The lowest BCUT2D eigenvalue weighted by Gasteiger charge is -2.23. The Morgan fingerprint density at radius 3 is 2.50 bits per heavy atom. The third-order valence-electron chi connectivity index (χ3n) is 3.16. The van der Waals surface area contributed by atoms with Gasteiger partial charge in [0.05, 0.1) is 20.3 Å². The molecule has 4 nitrogen and oxygen atoms in total. The second-order valence-corrected chi connectivity index (χ2v) is 4.34. The molecule has 0 aliphatic carbocycles. The van der Waals surface area contributed by atoms with Gasteiger partial charge in [-0.05, 0) is 31.2 Å². The van der Waals surface area contributed by atoms with Gasteiger partial charge in [0.2, 0.25) is 0 Å². The minimum atomic E-state index is -0.625. The summed E-state index contributed by atoms with van der Waals surface area (Å²) in [4.78, 5) is 0. The Bertz CT molecular complexity index is 368. The predicted molar refractivity (Wildman–Crippen MR) is 72.0 cm³/mol. The van der Waals surface area contributed by atoms with E-state index in [2.05, 4.69) is 6.92 Å². The summed E-state index contributed by atoms with van der Waals surface area (Å²) in [5, 5.41) is 10.4. The van der Waals surface area contributed by atoms with Gasteiger partial charge in [-0.15, -0.1) is 0 Å². The number of aliphatic hydroxyl groups is 1. The Labute approximate surface area is 109 Å². The molecule has 0 amide bonds. The van der Waals surface area contributed by atoms with E-state index in [0.29, 0.717) is 18.0 Å². The van der Waals surface area contributed by atoms with Crippen LogP contribution >= 0.6 is 0 Å². The van der Waals surface area contributed by atoms with Crippen molar-refractivity contribution in [3.8, 4) is 11.5 Å². The first-order chi connectivity index (χ1) is 8.67. The summed E-state index contributed by atoms with van der Waals surface area (Å²) in [5.74, 6) is 1.41. The third-order valence-corrected chi connectivity index (χ3v) is 3.16. The smallest absolute Gasteiger partial charge is 0.124 e. The highest BCUT2D eigenvalue weighted by molar-refractivity contribution is 5.41. The normalized spacial score (nSPS) is 14.1. The lowest BCUT2D eigenvalue weighted by Crippen LogP contribution is -2.22. The average molecular weight is 253 g/mol. The number of hydrogen-bond donors (Lipinski definition) is 2. The predicted octanol–water partition coefficient (Wildman–Crippen LogP) is 2.11. The summed E-state index contributed by atoms with van der Waals surface area (Å²) in [6.45, 7) is 2.54. The maximum Gasteiger partial charge on any atom is 0.124 e. The molecular weight excluding hydrogens is 230 g/mol. The van der Waals surface area contributed by atoms with E-state index in [0.717, 1.165) is 18.4 Å². The van der Waals surface area contributed by atoms with Gasteiger partial charge in [0.25, 0.3) is 0 Å². The molecule has 102 valence electrons. The van der Waals surface area contributed by atoms with E-state index in [4.69, 9.17) is 15.2 Å². The molecule has 1 aromatic rings. The molecular formula is C14H23NO3. The van der Waals surface area contributed by atoms with Gasteiger partial charge in [-0.2, -0.15) is 0 Å². The molecule has 0 aromatic heterocycles. The Morgan fingerprint density at radius 1 is 1.28 bits per heavy atom. The molecule has 1 aromatic carbocycles. The summed E-state index contributed by atoms with van der Waals surface area (Å²) >= 11 is 0. The molecule has 0 aliphatic rings. The van der Waals surface area contributed by atoms with E-state index >= 15 is 0 Å². The molecule has 0 spiro atoms. The van der Waals surface area contributed by atoms with Crippen molar-refractivity contribution in [1.82, 2.24) is 0 Å². The monoisotopic (exact) mass is 253 g/mol. The number of nitrogens with two attached hydrogens (primary N) is 1. The fraction of sp³-hybridized carbons (Fsp3) is 0.571. The maximum atomic E-state index is 10.4. The highest BCUT2D eigenvalue weighted by Crippen LogP contribution is 2.34. The molecule has 3 N–H and O–H groups in total. The molecule has 0 saturated carbocycles. The molecule has 0 aliphatic heterocycles. The Balaban J connectivity index is 3.04. The molecule has 0 saturated heterocycles. The van der Waals surface area contributed by atoms with Crippen LogP contribution in [0.4, 0.5) is 0 Å². The first-order valence-electron chi connectivity index (χ1n) is 6.27. The van der Waals surface area contributed by atoms with E-state index in [1.54, 1.807) is 20.3 Å². The minimum absolute atomic E-state index is 0.0380. The first-order valence-corrected chi connectivity index (χ1v) is 6.27. The van der Waals surface area contributed by atoms with Crippen molar-refractivity contribution >= 4 is 0 Å². The van der Waals surface area contributed by atoms with Gasteiger partial charge in [0, 0.05) is 11.5 Å². The van der Waals surface area contributed by atoms with Crippen LogP contribution in [0.15, 0.2) is 18.2 Å². The molecule has 18 heavy (non-hydrogen) atoms. The van der Waals surface area contributed by atoms with Gasteiger partial charge in [-0.3, -0.25) is 0 Å². The number of hydrogen-bond acceptors (Lipinski definition) is 4. The quantitative estimate of drug-likeness (QED) is 0.781. The zero-order valence-corrected chi connectivity index (χ0v) is 11.3. The van der Waals surface area contributed by atoms with Crippen LogP contribution in [0.1, 0.15) is 31.4 Å². The van der Waals surface area contributed by atoms with E-state index in [-0.39, 0.29) is 5.92 Å². The molecule has 0 radical (unpaired) electrons. The summed E-state index contributed by atoms with van der Waals surface area (Å²) < 4.78 is 10.5. The van der Waals surface area contributed by atoms with Crippen molar-refractivity contribution < 1.29 is 14.6 Å². The highest BCUT2D eigenvalue weighted by atomic mass is 16.5. The van der Waals surface area contributed by atoms with Gasteiger partial charge in [-0.1, -0.05) is 13.3 Å². The van der Waals surface area contributed by atoms with Crippen LogP contribution in [0, 0.1) is 5.92 Å². The first kappa shape index (κ1) is 14.8. The van der Waals surface area contributed by atoms with Crippen LogP contribution in [0.2, 0.25) is 0 Å². The van der Waals surface area contributed by atoms with Crippen LogP contribution in [-0.4, -0.2) is 25.9 Å². The van der Waals surface area contributed by atoms with Crippen LogP contribution in [-0.2, 0) is 0 Å². The fourth-order valence-electron chi connectivity index (χ4n) is 2.10. The largest absolute Gasteiger partial charge is 0.497 e. The number of benzene rings is 1. The van der Waals surface area contributed by atoms with Crippen molar-refractivity contribution in [2.45, 2.75) is 25.9 Å². The van der Waals surface area contributed by atoms with Gasteiger partial charge in [0.1, 0.15) is 11.5 Å². The highest BCUT2D eigenvalue weighted by Gasteiger charge is 2.22. The third kappa shape index (κ3) is 3.37. The Kier molecular flexibility index (Phi) is 5.95. The molecule has 2 unspecified atom stereocenters. The second kappa shape index (κ2) is 7.24. The lowest BCUT2D eigenvalue weighted by atomic mass is 9.91. The van der Waals surface area contributed by atoms with E-state index in [1.807, 2.05) is 12.1 Å². The van der Waals surface area contributed by atoms with Crippen molar-refractivity contribution in [1.29, 1.82) is 0 Å². The summed E-state index contributed by atoms with van der Waals surface area (Å²) in [5.41, 5.74) is 6.46. The van der Waals surface area contributed by atoms with Crippen molar-refractivity contribution in [3.63, 3.8) is 0 Å². The summed E-state index contributed by atoms with van der Waals surface area (Å²) in [7, 11) is 3.19. The number of rotatable bonds is 7. The van der Waals surface area contributed by atoms with Crippen LogP contribution in [0.5, 0.6) is 11.5 Å². The van der Waals surface area contributed by atoms with Crippen molar-refractivity contribution in [2.75, 3.05) is 20.8 Å². The summed E-state index contributed by atoms with van der Waals surface area (Å²) in [6, 6.07) is 5.42. The maximum absolute atomic E-state index is 10.4. The molecule has 0 fully saturated rings. The number of ether oxygens (including phenoxy) is 2. The van der Waals surface area contributed by atoms with Gasteiger partial charge in [-0.25, -0.2) is 0 Å². The average Bonchev–Trinajstić information content (AvgIpc) is 2.43. The van der Waals surface area contributed by atoms with Crippen molar-refractivity contribution in [2.24, 2.45) is 11.7 Å². The van der Waals surface area contributed by atoms with Crippen LogP contribution < -0.4 is 15.2 Å². The molecule has 2 atom stereocenters. The van der Waals surface area contributed by atoms with Gasteiger partial charge < -0.3 is 20.3 Å². The fourth-order valence-corrected chi connectivity index (χ4v) is 2.10. The van der Waals surface area contributed by atoms with Crippen LogP contribution in [0.3, 0.4) is 0 Å². The minimum Gasteiger partial charge on any atom is -0.497 e. The zero-order chi connectivity index (χ0) is 13.5. The number of aliphatic hydroxyl groups excluding tert-OH is 1. The van der Waals surface area contributed by atoms with Crippen molar-refractivity contribution in [3.05, 3.63) is 23.8 Å². The topological polar surface area (TPSA) is 64.7 Å². The van der Waals surface area contributed by atoms with Crippen LogP contribution in [0.25, 0.3) is 0 Å². The second-order valence-electron chi connectivity index (χ2n) is 4.34. The summed E-state index contributed by atoms with van der Waals surface area (Å²) in [6.07, 6.45) is 1.25. The van der Waals surface area contributed by atoms with E-state index in [9.17, 15) is 5.11 Å². The van der Waals surface area contributed by atoms with E-state index < -0.39 is 6.10 Å². The SMILES string of the molecule is CCCC(CN)C(O)c1cc(OC)ccc1OC. The lowest BCUT2D eigenvalue weighted by molar-refractivity contribution is 0.103. The van der Waals surface area contributed by atoms with Gasteiger partial charge >= 0.3 is 0 Å². The zero-order valence-electron chi connectivity index (χ0n) is 11.3. The molecule has 0 bridgehead atoms. The molecule has 0 heterocycles. The number of methoxy groups -OCH3 is 2. The standard InChI is InChI=1S/C14H23NO3/c1-4-5-10(9-15)14(16)12-8-11(17-2)6-7-13(12)18-3/h6-8,10,14,16H,4-5,9,15H2,1-3H3. The molecule has 4 heteroatoms. The van der Waals surface area contributed by atoms with E-state index in [1.165, 1.54) is 0 Å². The van der Waals surface area contributed by atoms with Gasteiger partial charge in [0.15, 0.2) is 0 Å². The Hall–Kier alpha value is -1.26. The Morgan fingerprint density at radius 2 is 2.00 bits per heavy atom.